The molecule has 2 aliphatic rings. The lowest BCUT2D eigenvalue weighted by Crippen LogP contribution is -2.42. The molecule has 1 amide bonds. The first-order valence-corrected chi connectivity index (χ1v) is 13.0. The van der Waals surface area contributed by atoms with Gasteiger partial charge in [0.25, 0.3) is 5.91 Å². The van der Waals surface area contributed by atoms with E-state index in [0.717, 1.165) is 73.3 Å². The number of carbonyl (C=O) groups excluding carboxylic acids is 1. The van der Waals surface area contributed by atoms with Gasteiger partial charge in [-0.3, -0.25) is 4.79 Å². The Morgan fingerprint density at radius 2 is 1.91 bits per heavy atom. The summed E-state index contributed by atoms with van der Waals surface area (Å²) in [5, 5.41) is 25.6. The van der Waals surface area contributed by atoms with Crippen LogP contribution >= 0.6 is 11.3 Å². The van der Waals surface area contributed by atoms with Gasteiger partial charge in [0.05, 0.1) is 15.8 Å². The van der Waals surface area contributed by atoms with E-state index in [4.69, 9.17) is 4.98 Å². The minimum atomic E-state index is -0.569. The van der Waals surface area contributed by atoms with Crippen molar-refractivity contribution in [2.45, 2.75) is 63.1 Å². The SMILES string of the molecule is C[C@]1(O)CC[C@H](Nc2nc(Nc3cccc(C(=O)NC4CCNCC4)c3)nc3ccsc23)CC1. The number of rotatable bonds is 6. The minimum absolute atomic E-state index is 0.0553. The van der Waals surface area contributed by atoms with Crippen LogP contribution in [0.15, 0.2) is 35.7 Å². The van der Waals surface area contributed by atoms with Gasteiger partial charge in [-0.05, 0) is 88.2 Å². The number of hydrogen-bond donors (Lipinski definition) is 5. The van der Waals surface area contributed by atoms with E-state index in [1.807, 2.05) is 42.6 Å². The molecule has 180 valence electrons. The van der Waals surface area contributed by atoms with Crippen molar-refractivity contribution in [3.8, 4) is 0 Å². The molecule has 0 radical (unpaired) electrons. The number of carbonyl (C=O) groups is 1. The summed E-state index contributed by atoms with van der Waals surface area (Å²) >= 11 is 1.62. The second-order valence-electron chi connectivity index (χ2n) is 9.65. The van der Waals surface area contributed by atoms with Gasteiger partial charge in [-0.2, -0.15) is 4.98 Å². The van der Waals surface area contributed by atoms with Crippen molar-refractivity contribution in [3.63, 3.8) is 0 Å². The fourth-order valence-electron chi connectivity index (χ4n) is 4.70. The molecule has 0 atom stereocenters. The molecule has 3 heterocycles. The maximum absolute atomic E-state index is 12.8. The van der Waals surface area contributed by atoms with Gasteiger partial charge >= 0.3 is 0 Å². The van der Waals surface area contributed by atoms with Crippen LogP contribution in [0.4, 0.5) is 17.5 Å². The number of nitrogens with zero attached hydrogens (tertiary/aromatic N) is 2. The lowest BCUT2D eigenvalue weighted by atomic mass is 9.84. The second kappa shape index (κ2) is 9.85. The third-order valence-electron chi connectivity index (χ3n) is 6.76. The van der Waals surface area contributed by atoms with Crippen molar-refractivity contribution in [1.29, 1.82) is 0 Å². The molecule has 1 saturated carbocycles. The van der Waals surface area contributed by atoms with Crippen LogP contribution in [0.3, 0.4) is 0 Å². The topological polar surface area (TPSA) is 111 Å². The lowest BCUT2D eigenvalue weighted by molar-refractivity contribution is 0.0196. The van der Waals surface area contributed by atoms with E-state index in [9.17, 15) is 9.90 Å². The molecule has 5 N–H and O–H groups in total. The summed E-state index contributed by atoms with van der Waals surface area (Å²) < 4.78 is 1.03. The fourth-order valence-corrected chi connectivity index (χ4v) is 5.48. The van der Waals surface area contributed by atoms with E-state index >= 15 is 0 Å². The Hall–Kier alpha value is -2.75. The number of benzene rings is 1. The van der Waals surface area contributed by atoms with Gasteiger partial charge in [0.2, 0.25) is 5.95 Å². The third kappa shape index (κ3) is 5.48. The maximum Gasteiger partial charge on any atom is 0.251 e. The molecule has 3 aromatic rings. The number of anilines is 3. The Morgan fingerprint density at radius 1 is 1.12 bits per heavy atom. The van der Waals surface area contributed by atoms with Crippen molar-refractivity contribution >= 4 is 44.9 Å². The highest BCUT2D eigenvalue weighted by atomic mass is 32.1. The number of amides is 1. The molecule has 2 fully saturated rings. The Morgan fingerprint density at radius 3 is 2.71 bits per heavy atom. The van der Waals surface area contributed by atoms with Crippen LogP contribution in [-0.4, -0.2) is 51.8 Å². The molecule has 0 spiro atoms. The first-order valence-electron chi connectivity index (χ1n) is 12.1. The van der Waals surface area contributed by atoms with Crippen LogP contribution in [0.1, 0.15) is 55.8 Å². The first-order chi connectivity index (χ1) is 16.4. The molecule has 2 aromatic heterocycles. The van der Waals surface area contributed by atoms with Crippen LogP contribution in [0.25, 0.3) is 10.2 Å². The number of fused-ring (bicyclic) bond motifs is 1. The summed E-state index contributed by atoms with van der Waals surface area (Å²) in [7, 11) is 0. The number of aromatic nitrogens is 2. The Bertz CT molecular complexity index is 1150. The molecule has 5 rings (SSSR count). The zero-order valence-corrected chi connectivity index (χ0v) is 20.3. The van der Waals surface area contributed by atoms with Crippen LogP contribution < -0.4 is 21.3 Å². The quantitative estimate of drug-likeness (QED) is 0.362. The smallest absolute Gasteiger partial charge is 0.251 e. The minimum Gasteiger partial charge on any atom is -0.390 e. The lowest BCUT2D eigenvalue weighted by Gasteiger charge is -2.33. The van der Waals surface area contributed by atoms with Gasteiger partial charge in [-0.1, -0.05) is 6.07 Å². The van der Waals surface area contributed by atoms with Gasteiger partial charge < -0.3 is 26.4 Å². The number of thiophene rings is 1. The van der Waals surface area contributed by atoms with E-state index in [-0.39, 0.29) is 18.0 Å². The largest absolute Gasteiger partial charge is 0.390 e. The highest BCUT2D eigenvalue weighted by Crippen LogP contribution is 2.33. The zero-order valence-electron chi connectivity index (χ0n) is 19.4. The van der Waals surface area contributed by atoms with E-state index in [1.54, 1.807) is 11.3 Å². The van der Waals surface area contributed by atoms with Crippen LogP contribution in [0.2, 0.25) is 0 Å². The fraction of sp³-hybridized carbons (Fsp3) is 0.480. The second-order valence-corrected chi connectivity index (χ2v) is 10.6. The number of hydrogen-bond acceptors (Lipinski definition) is 8. The normalized spacial score (nSPS) is 23.5. The standard InChI is InChI=1S/C25H32N6O2S/c1-25(33)10-5-17(6-11-25)27-22-21-20(9-14-34-21)30-24(31-22)29-19-4-2-3-16(15-19)23(32)28-18-7-12-26-13-8-18/h2-4,9,14-15,17-18,26,33H,5-8,10-13H2,1H3,(H,28,32)(H2,27,29,30,31)/t17-,25-. The van der Waals surface area contributed by atoms with Gasteiger partial charge in [-0.25, -0.2) is 4.98 Å². The number of piperidine rings is 1. The molecule has 34 heavy (non-hydrogen) atoms. The maximum atomic E-state index is 12.8. The summed E-state index contributed by atoms with van der Waals surface area (Å²) in [5.41, 5.74) is 1.70. The van der Waals surface area contributed by atoms with Crippen LogP contribution in [-0.2, 0) is 0 Å². The molecular weight excluding hydrogens is 448 g/mol. The van der Waals surface area contributed by atoms with E-state index in [0.29, 0.717) is 11.5 Å². The summed E-state index contributed by atoms with van der Waals surface area (Å²) in [5.74, 6) is 1.25. The summed E-state index contributed by atoms with van der Waals surface area (Å²) in [6.07, 6.45) is 5.27. The van der Waals surface area contributed by atoms with Crippen LogP contribution in [0, 0.1) is 0 Å². The molecule has 9 heteroatoms. The van der Waals surface area contributed by atoms with Gasteiger partial charge in [-0.15, -0.1) is 11.3 Å². The van der Waals surface area contributed by atoms with E-state index in [1.165, 1.54) is 0 Å². The molecular formula is C25H32N6O2S. The Labute approximate surface area is 203 Å². The van der Waals surface area contributed by atoms with Gasteiger partial charge in [0.15, 0.2) is 0 Å². The molecule has 1 aliphatic heterocycles. The molecule has 0 bridgehead atoms. The van der Waals surface area contributed by atoms with Gasteiger partial charge in [0.1, 0.15) is 5.82 Å². The molecule has 8 nitrogen and oxygen atoms in total. The summed E-state index contributed by atoms with van der Waals surface area (Å²) in [6.45, 7) is 3.78. The molecule has 1 saturated heterocycles. The third-order valence-corrected chi connectivity index (χ3v) is 7.67. The predicted octanol–water partition coefficient (Wildman–Crippen LogP) is 4.02. The number of nitrogens with one attached hydrogen (secondary N) is 4. The zero-order chi connectivity index (χ0) is 23.5. The monoisotopic (exact) mass is 480 g/mol. The highest BCUT2D eigenvalue weighted by molar-refractivity contribution is 7.17. The van der Waals surface area contributed by atoms with Crippen molar-refractivity contribution in [2.24, 2.45) is 0 Å². The van der Waals surface area contributed by atoms with E-state index in [2.05, 4.69) is 26.3 Å². The first kappa shape index (κ1) is 23.0. The van der Waals surface area contributed by atoms with Crippen molar-refractivity contribution in [2.75, 3.05) is 23.7 Å². The molecule has 0 unspecified atom stereocenters. The molecule has 1 aromatic carbocycles. The predicted molar refractivity (Wildman–Crippen MR) is 137 cm³/mol. The van der Waals surface area contributed by atoms with Crippen molar-refractivity contribution in [3.05, 3.63) is 41.3 Å². The summed E-state index contributed by atoms with van der Waals surface area (Å²) in [4.78, 5) is 22.2. The van der Waals surface area contributed by atoms with Crippen molar-refractivity contribution in [1.82, 2.24) is 20.6 Å². The average molecular weight is 481 g/mol. The van der Waals surface area contributed by atoms with E-state index < -0.39 is 5.60 Å². The average Bonchev–Trinajstić information content (AvgIpc) is 3.30. The van der Waals surface area contributed by atoms with Gasteiger partial charge in [0, 0.05) is 23.3 Å². The highest BCUT2D eigenvalue weighted by Gasteiger charge is 2.29. The Kier molecular flexibility index (Phi) is 6.67. The Balaban J connectivity index is 1.31. The number of aliphatic hydroxyl groups is 1. The molecule has 1 aliphatic carbocycles. The van der Waals surface area contributed by atoms with Crippen LogP contribution in [0.5, 0.6) is 0 Å². The summed E-state index contributed by atoms with van der Waals surface area (Å²) in [6, 6.07) is 9.94. The van der Waals surface area contributed by atoms with Crippen molar-refractivity contribution < 1.29 is 9.90 Å².